The van der Waals surface area contributed by atoms with Crippen LogP contribution in [-0.2, 0) is 14.6 Å². The molecule has 0 atom stereocenters. The van der Waals surface area contributed by atoms with E-state index < -0.39 is 26.8 Å². The van der Waals surface area contributed by atoms with Crippen molar-refractivity contribution in [1.29, 1.82) is 0 Å². The SMILES string of the molecule is CC(C)S(=O)(=O)c1ccc(C(=O)C(N)=O)cc1. The van der Waals surface area contributed by atoms with Crippen LogP contribution in [0.1, 0.15) is 24.2 Å². The Balaban J connectivity index is 3.13. The maximum absolute atomic E-state index is 11.8. The van der Waals surface area contributed by atoms with Crippen LogP contribution in [0.4, 0.5) is 0 Å². The van der Waals surface area contributed by atoms with E-state index in [1.807, 2.05) is 0 Å². The van der Waals surface area contributed by atoms with Gasteiger partial charge in [-0.2, -0.15) is 0 Å². The van der Waals surface area contributed by atoms with E-state index in [-0.39, 0.29) is 10.5 Å². The van der Waals surface area contributed by atoms with E-state index in [0.29, 0.717) is 0 Å². The Morgan fingerprint density at radius 3 is 1.94 bits per heavy atom. The minimum absolute atomic E-state index is 0.0835. The number of nitrogens with two attached hydrogens (primary N) is 1. The standard InChI is InChI=1S/C11H13NO4S/c1-7(2)17(15,16)9-5-3-8(4-6-9)10(13)11(12)14/h3-7H,1-2H3,(H2,12,14). The van der Waals surface area contributed by atoms with Crippen LogP contribution in [0.15, 0.2) is 29.2 Å². The molecule has 1 rings (SSSR count). The topological polar surface area (TPSA) is 94.3 Å². The first-order chi connectivity index (χ1) is 7.76. The molecule has 92 valence electrons. The highest BCUT2D eigenvalue weighted by molar-refractivity contribution is 7.92. The fraction of sp³-hybridized carbons (Fsp3) is 0.273. The number of hydrogen-bond donors (Lipinski definition) is 1. The highest BCUT2D eigenvalue weighted by Crippen LogP contribution is 2.16. The zero-order chi connectivity index (χ0) is 13.2. The van der Waals surface area contributed by atoms with Crippen molar-refractivity contribution < 1.29 is 18.0 Å². The van der Waals surface area contributed by atoms with Crippen LogP contribution in [0.5, 0.6) is 0 Å². The molecule has 1 aromatic carbocycles. The minimum Gasteiger partial charge on any atom is -0.363 e. The molecule has 5 nitrogen and oxygen atoms in total. The van der Waals surface area contributed by atoms with Gasteiger partial charge < -0.3 is 5.73 Å². The van der Waals surface area contributed by atoms with Gasteiger partial charge in [-0.1, -0.05) is 0 Å². The van der Waals surface area contributed by atoms with Crippen molar-refractivity contribution in [3.63, 3.8) is 0 Å². The third kappa shape index (κ3) is 2.71. The maximum atomic E-state index is 11.8. The molecule has 6 heteroatoms. The van der Waals surface area contributed by atoms with Gasteiger partial charge in [-0.25, -0.2) is 8.42 Å². The van der Waals surface area contributed by atoms with E-state index in [1.54, 1.807) is 13.8 Å². The van der Waals surface area contributed by atoms with Crippen LogP contribution in [0.25, 0.3) is 0 Å². The smallest absolute Gasteiger partial charge is 0.289 e. The minimum atomic E-state index is -3.37. The number of primary amides is 1. The fourth-order valence-electron chi connectivity index (χ4n) is 1.21. The van der Waals surface area contributed by atoms with Gasteiger partial charge in [0.05, 0.1) is 10.1 Å². The molecular weight excluding hydrogens is 242 g/mol. The molecular formula is C11H13NO4S. The van der Waals surface area contributed by atoms with E-state index in [0.717, 1.165) is 0 Å². The third-order valence-corrected chi connectivity index (χ3v) is 4.46. The normalized spacial score (nSPS) is 11.5. The lowest BCUT2D eigenvalue weighted by molar-refractivity contribution is -0.114. The van der Waals surface area contributed by atoms with E-state index in [2.05, 4.69) is 0 Å². The summed E-state index contributed by atoms with van der Waals surface area (Å²) in [7, 11) is -3.37. The van der Waals surface area contributed by atoms with Crippen LogP contribution in [0, 0.1) is 0 Å². The second-order valence-corrected chi connectivity index (χ2v) is 6.32. The molecule has 17 heavy (non-hydrogen) atoms. The number of Topliss-reactive ketones (excluding diaryl/α,β-unsaturated/α-hetero) is 1. The summed E-state index contributed by atoms with van der Waals surface area (Å²) in [6.45, 7) is 3.13. The molecule has 0 fully saturated rings. The number of hydrogen-bond acceptors (Lipinski definition) is 4. The molecule has 1 amide bonds. The largest absolute Gasteiger partial charge is 0.363 e. The van der Waals surface area contributed by atoms with Gasteiger partial charge in [0, 0.05) is 5.56 Å². The number of carbonyl (C=O) groups excluding carboxylic acids is 2. The van der Waals surface area contributed by atoms with E-state index in [4.69, 9.17) is 5.73 Å². The summed E-state index contributed by atoms with van der Waals surface area (Å²) < 4.78 is 23.5. The van der Waals surface area contributed by atoms with Crippen LogP contribution in [0.2, 0.25) is 0 Å². The summed E-state index contributed by atoms with van der Waals surface area (Å²) in [5, 5.41) is -0.541. The highest BCUT2D eigenvalue weighted by Gasteiger charge is 2.20. The lowest BCUT2D eigenvalue weighted by Gasteiger charge is -2.07. The van der Waals surface area contributed by atoms with Crippen molar-refractivity contribution in [2.24, 2.45) is 5.73 Å². The third-order valence-electron chi connectivity index (χ3n) is 2.29. The zero-order valence-electron chi connectivity index (χ0n) is 9.51. The van der Waals surface area contributed by atoms with Crippen molar-refractivity contribution in [3.8, 4) is 0 Å². The van der Waals surface area contributed by atoms with E-state index in [9.17, 15) is 18.0 Å². The number of ketones is 1. The number of benzene rings is 1. The molecule has 2 N–H and O–H groups in total. The lowest BCUT2D eigenvalue weighted by Crippen LogP contribution is -2.23. The Kier molecular flexibility index (Phi) is 3.67. The number of amides is 1. The Morgan fingerprint density at radius 1 is 1.12 bits per heavy atom. The molecule has 0 aromatic heterocycles. The maximum Gasteiger partial charge on any atom is 0.289 e. The van der Waals surface area contributed by atoms with Gasteiger partial charge in [-0.3, -0.25) is 9.59 Å². The Bertz CT molecular complexity index is 543. The molecule has 0 aliphatic heterocycles. The molecule has 0 saturated carbocycles. The molecule has 0 saturated heterocycles. The van der Waals surface area contributed by atoms with Crippen molar-refractivity contribution in [1.82, 2.24) is 0 Å². The van der Waals surface area contributed by atoms with Crippen molar-refractivity contribution in [2.45, 2.75) is 24.0 Å². The monoisotopic (exact) mass is 255 g/mol. The van der Waals surface area contributed by atoms with E-state index in [1.165, 1.54) is 24.3 Å². The Labute approximate surface area is 99.5 Å². The van der Waals surface area contributed by atoms with Gasteiger partial charge >= 0.3 is 0 Å². The first-order valence-corrected chi connectivity index (χ1v) is 6.49. The van der Waals surface area contributed by atoms with E-state index >= 15 is 0 Å². The van der Waals surface area contributed by atoms with Gasteiger partial charge in [-0.15, -0.1) is 0 Å². The molecule has 0 radical (unpaired) electrons. The molecule has 0 heterocycles. The van der Waals surface area contributed by atoms with Crippen LogP contribution in [0.3, 0.4) is 0 Å². The molecule has 0 bridgehead atoms. The van der Waals surface area contributed by atoms with Crippen molar-refractivity contribution in [3.05, 3.63) is 29.8 Å². The van der Waals surface area contributed by atoms with Gasteiger partial charge in [0.15, 0.2) is 9.84 Å². The molecule has 0 aliphatic rings. The second-order valence-electron chi connectivity index (χ2n) is 3.81. The van der Waals surface area contributed by atoms with Crippen LogP contribution >= 0.6 is 0 Å². The summed E-state index contributed by atoms with van der Waals surface area (Å²) in [5.74, 6) is -1.90. The number of sulfone groups is 1. The number of carbonyl (C=O) groups is 2. The summed E-state index contributed by atoms with van der Waals surface area (Å²) >= 11 is 0. The predicted molar refractivity (Wildman–Crippen MR) is 62.3 cm³/mol. The summed E-state index contributed by atoms with van der Waals surface area (Å²) in [4.78, 5) is 22.0. The van der Waals surface area contributed by atoms with Gasteiger partial charge in [0.2, 0.25) is 5.78 Å². The first-order valence-electron chi connectivity index (χ1n) is 4.95. The van der Waals surface area contributed by atoms with Crippen molar-refractivity contribution >= 4 is 21.5 Å². The summed E-state index contributed by atoms with van der Waals surface area (Å²) in [6, 6.07) is 5.15. The van der Waals surface area contributed by atoms with Crippen LogP contribution in [-0.4, -0.2) is 25.4 Å². The second kappa shape index (κ2) is 4.67. The first kappa shape index (κ1) is 13.4. The molecule has 0 spiro atoms. The molecule has 0 unspecified atom stereocenters. The van der Waals surface area contributed by atoms with Gasteiger partial charge in [-0.05, 0) is 38.1 Å². The number of rotatable bonds is 4. The average Bonchev–Trinajstić information content (AvgIpc) is 2.27. The Hall–Kier alpha value is -1.69. The highest BCUT2D eigenvalue weighted by atomic mass is 32.2. The molecule has 1 aromatic rings. The molecule has 0 aliphatic carbocycles. The summed E-state index contributed by atoms with van der Waals surface area (Å²) in [5.41, 5.74) is 4.92. The summed E-state index contributed by atoms with van der Waals surface area (Å²) in [6.07, 6.45) is 0. The lowest BCUT2D eigenvalue weighted by atomic mass is 10.1. The Morgan fingerprint density at radius 2 is 1.59 bits per heavy atom. The average molecular weight is 255 g/mol. The predicted octanol–water partition coefficient (Wildman–Crippen LogP) is 0.537. The van der Waals surface area contributed by atoms with Crippen LogP contribution < -0.4 is 5.73 Å². The zero-order valence-corrected chi connectivity index (χ0v) is 10.3. The quantitative estimate of drug-likeness (QED) is 0.627. The van der Waals surface area contributed by atoms with Crippen molar-refractivity contribution in [2.75, 3.05) is 0 Å². The van der Waals surface area contributed by atoms with Gasteiger partial charge in [0.25, 0.3) is 5.91 Å². The fourth-order valence-corrected chi connectivity index (χ4v) is 2.27. The van der Waals surface area contributed by atoms with Gasteiger partial charge in [0.1, 0.15) is 0 Å².